The van der Waals surface area contributed by atoms with Gasteiger partial charge in [0.15, 0.2) is 0 Å². The van der Waals surface area contributed by atoms with Crippen molar-refractivity contribution >= 4 is 10.8 Å². The molecule has 2 N–H and O–H groups in total. The molecule has 0 amide bonds. The molecule has 1 aromatic carbocycles. The van der Waals surface area contributed by atoms with Crippen molar-refractivity contribution in [3.05, 3.63) is 23.8 Å². The van der Waals surface area contributed by atoms with Gasteiger partial charge >= 0.3 is 0 Å². The molecule has 2 rings (SSSR count). The minimum Gasteiger partial charge on any atom is -0.497 e. The van der Waals surface area contributed by atoms with Gasteiger partial charge in [0.05, 0.1) is 23.2 Å². The molecule has 16 heavy (non-hydrogen) atoms. The smallest absolute Gasteiger partial charge is 0.119 e. The summed E-state index contributed by atoms with van der Waals surface area (Å²) < 4.78 is 17.4. The van der Waals surface area contributed by atoms with Crippen molar-refractivity contribution in [3.63, 3.8) is 0 Å². The molecule has 1 aliphatic rings. The van der Waals surface area contributed by atoms with Gasteiger partial charge in [-0.05, 0) is 30.2 Å². The summed E-state index contributed by atoms with van der Waals surface area (Å²) in [7, 11) is 0.671. The molecular weight excluding hydrogens is 222 g/mol. The Balaban J connectivity index is 2.39. The molecule has 1 aliphatic heterocycles. The Labute approximate surface area is 98.4 Å². The van der Waals surface area contributed by atoms with E-state index in [1.807, 2.05) is 18.2 Å². The summed E-state index contributed by atoms with van der Waals surface area (Å²) in [6.07, 6.45) is 1.92. The maximum absolute atomic E-state index is 12.2. The summed E-state index contributed by atoms with van der Waals surface area (Å²) in [5.41, 5.74) is 7.12. The van der Waals surface area contributed by atoms with E-state index in [2.05, 4.69) is 6.92 Å². The molecule has 0 aromatic heterocycles. The zero-order valence-corrected chi connectivity index (χ0v) is 10.4. The number of rotatable bonds is 3. The third-order valence-corrected chi connectivity index (χ3v) is 4.93. The zero-order chi connectivity index (χ0) is 11.7. The highest BCUT2D eigenvalue weighted by Crippen LogP contribution is 2.38. The molecule has 1 heterocycles. The van der Waals surface area contributed by atoms with Crippen molar-refractivity contribution in [2.24, 2.45) is 5.73 Å². The van der Waals surface area contributed by atoms with Crippen LogP contribution in [0.25, 0.3) is 0 Å². The topological polar surface area (TPSA) is 52.3 Å². The van der Waals surface area contributed by atoms with E-state index in [1.54, 1.807) is 7.11 Å². The van der Waals surface area contributed by atoms with Crippen LogP contribution in [0.15, 0.2) is 23.1 Å². The third kappa shape index (κ3) is 1.76. The van der Waals surface area contributed by atoms with E-state index in [1.165, 1.54) is 0 Å². The molecule has 0 bridgehead atoms. The molecule has 0 radical (unpaired) electrons. The van der Waals surface area contributed by atoms with E-state index in [0.29, 0.717) is 0 Å². The molecule has 3 unspecified atom stereocenters. The SMILES string of the molecule is CCCC1C(N)c2cc(OC)ccc2S1=O. The standard InChI is InChI=1S/C12H17NO2S/c1-3-4-11-12(13)9-7-8(15-2)5-6-10(9)16(11)14/h5-7,11-12H,3-4,13H2,1-2H3. The Morgan fingerprint density at radius 3 is 2.88 bits per heavy atom. The van der Waals surface area contributed by atoms with Crippen LogP contribution in [-0.4, -0.2) is 16.6 Å². The van der Waals surface area contributed by atoms with Gasteiger partial charge in [-0.15, -0.1) is 0 Å². The number of nitrogens with two attached hydrogens (primary N) is 1. The number of ether oxygens (including phenoxy) is 1. The summed E-state index contributed by atoms with van der Waals surface area (Å²) in [4.78, 5) is 0.881. The third-order valence-electron chi connectivity index (χ3n) is 3.04. The van der Waals surface area contributed by atoms with Crippen LogP contribution < -0.4 is 10.5 Å². The van der Waals surface area contributed by atoms with Gasteiger partial charge in [-0.3, -0.25) is 4.21 Å². The van der Waals surface area contributed by atoms with Crippen molar-refractivity contribution in [1.29, 1.82) is 0 Å². The summed E-state index contributed by atoms with van der Waals surface area (Å²) in [6, 6.07) is 5.51. The van der Waals surface area contributed by atoms with Gasteiger partial charge in [0.25, 0.3) is 0 Å². The first-order valence-electron chi connectivity index (χ1n) is 5.53. The molecule has 0 fully saturated rings. The molecule has 4 heteroatoms. The fourth-order valence-electron chi connectivity index (χ4n) is 2.16. The molecule has 3 nitrogen and oxygen atoms in total. The molecule has 88 valence electrons. The molecule has 0 aliphatic carbocycles. The van der Waals surface area contributed by atoms with Crippen LogP contribution in [0.4, 0.5) is 0 Å². The summed E-state index contributed by atoms with van der Waals surface area (Å²) in [5.74, 6) is 0.781. The predicted octanol–water partition coefficient (Wildman–Crippen LogP) is 1.98. The van der Waals surface area contributed by atoms with Gasteiger partial charge in [-0.1, -0.05) is 13.3 Å². The van der Waals surface area contributed by atoms with Gasteiger partial charge in [-0.2, -0.15) is 0 Å². The van der Waals surface area contributed by atoms with E-state index in [-0.39, 0.29) is 11.3 Å². The monoisotopic (exact) mass is 239 g/mol. The summed E-state index contributed by atoms with van der Waals surface area (Å²) in [5, 5.41) is 0.0621. The molecule has 3 atom stereocenters. The lowest BCUT2D eigenvalue weighted by molar-refractivity contribution is 0.413. The van der Waals surface area contributed by atoms with Crippen molar-refractivity contribution in [2.75, 3.05) is 7.11 Å². The zero-order valence-electron chi connectivity index (χ0n) is 9.60. The van der Waals surface area contributed by atoms with Gasteiger partial charge in [0.2, 0.25) is 0 Å². The van der Waals surface area contributed by atoms with Crippen molar-refractivity contribution in [2.45, 2.75) is 36.0 Å². The number of methoxy groups -OCH3 is 1. The number of hydrogen-bond donors (Lipinski definition) is 1. The lowest BCUT2D eigenvalue weighted by Crippen LogP contribution is -2.23. The first kappa shape index (κ1) is 11.6. The molecule has 0 saturated heterocycles. The lowest BCUT2D eigenvalue weighted by Gasteiger charge is -2.13. The first-order valence-corrected chi connectivity index (χ1v) is 6.74. The fraction of sp³-hybridized carbons (Fsp3) is 0.500. The summed E-state index contributed by atoms with van der Waals surface area (Å²) >= 11 is 0. The largest absolute Gasteiger partial charge is 0.497 e. The van der Waals surface area contributed by atoms with Crippen molar-refractivity contribution in [3.8, 4) is 5.75 Å². The number of fused-ring (bicyclic) bond motifs is 1. The van der Waals surface area contributed by atoms with E-state index < -0.39 is 10.8 Å². The van der Waals surface area contributed by atoms with Crippen LogP contribution in [0.1, 0.15) is 31.4 Å². The Bertz CT molecular complexity index is 419. The summed E-state index contributed by atoms with van der Waals surface area (Å²) in [6.45, 7) is 2.09. The van der Waals surface area contributed by atoms with Crippen LogP contribution in [0.2, 0.25) is 0 Å². The van der Waals surface area contributed by atoms with Gasteiger partial charge < -0.3 is 10.5 Å². The van der Waals surface area contributed by atoms with Gasteiger partial charge in [-0.25, -0.2) is 0 Å². The van der Waals surface area contributed by atoms with Gasteiger partial charge in [0.1, 0.15) is 5.75 Å². The molecular formula is C12H17NO2S. The van der Waals surface area contributed by atoms with E-state index in [9.17, 15) is 4.21 Å². The molecule has 0 spiro atoms. The Morgan fingerprint density at radius 2 is 2.25 bits per heavy atom. The first-order chi connectivity index (χ1) is 7.69. The normalized spacial score (nSPS) is 27.8. The Morgan fingerprint density at radius 1 is 1.50 bits per heavy atom. The van der Waals surface area contributed by atoms with E-state index in [0.717, 1.165) is 29.1 Å². The second-order valence-electron chi connectivity index (χ2n) is 4.05. The number of hydrogen-bond acceptors (Lipinski definition) is 3. The second-order valence-corrected chi connectivity index (χ2v) is 5.69. The molecule has 1 aromatic rings. The van der Waals surface area contributed by atoms with Crippen LogP contribution in [0.3, 0.4) is 0 Å². The number of benzene rings is 1. The van der Waals surface area contributed by atoms with Gasteiger partial charge in [0, 0.05) is 10.9 Å². The Hall–Kier alpha value is -0.870. The maximum atomic E-state index is 12.2. The van der Waals surface area contributed by atoms with Crippen LogP contribution in [-0.2, 0) is 10.8 Å². The second kappa shape index (κ2) is 4.55. The Kier molecular flexibility index (Phi) is 3.30. The van der Waals surface area contributed by atoms with E-state index >= 15 is 0 Å². The van der Waals surface area contributed by atoms with Crippen LogP contribution in [0, 0.1) is 0 Å². The highest BCUT2D eigenvalue weighted by atomic mass is 32.2. The predicted molar refractivity (Wildman–Crippen MR) is 65.0 cm³/mol. The van der Waals surface area contributed by atoms with Crippen LogP contribution in [0.5, 0.6) is 5.75 Å². The maximum Gasteiger partial charge on any atom is 0.119 e. The highest BCUT2D eigenvalue weighted by Gasteiger charge is 2.35. The molecule has 0 saturated carbocycles. The van der Waals surface area contributed by atoms with Crippen LogP contribution >= 0.6 is 0 Å². The minimum atomic E-state index is -0.956. The average Bonchev–Trinajstić information content (AvgIpc) is 2.54. The lowest BCUT2D eigenvalue weighted by atomic mass is 10.0. The van der Waals surface area contributed by atoms with E-state index in [4.69, 9.17) is 10.5 Å². The quantitative estimate of drug-likeness (QED) is 0.877. The van der Waals surface area contributed by atoms with Crippen molar-refractivity contribution in [1.82, 2.24) is 0 Å². The minimum absolute atomic E-state index is 0.0621. The average molecular weight is 239 g/mol. The van der Waals surface area contributed by atoms with Crippen molar-refractivity contribution < 1.29 is 8.95 Å². The highest BCUT2D eigenvalue weighted by molar-refractivity contribution is 7.86. The fourth-order valence-corrected chi connectivity index (χ4v) is 3.98.